The lowest BCUT2D eigenvalue weighted by atomic mass is 10.1. The van der Waals surface area contributed by atoms with E-state index in [-0.39, 0.29) is 16.6 Å². The zero-order chi connectivity index (χ0) is 10.9. The zero-order valence-electron chi connectivity index (χ0n) is 6.90. The minimum absolute atomic E-state index is 0.0618. The van der Waals surface area contributed by atoms with E-state index >= 15 is 0 Å². The van der Waals surface area contributed by atoms with Gasteiger partial charge < -0.3 is 10.8 Å². The number of phenolic OH excluding ortho intramolecular Hbond substituents is 1. The molecule has 2 nitrogen and oxygen atoms in total. The van der Waals surface area contributed by atoms with Gasteiger partial charge in [-0.15, -0.1) is 0 Å². The average molecular weight is 270 g/mol. The van der Waals surface area contributed by atoms with Crippen molar-refractivity contribution in [3.05, 3.63) is 27.7 Å². The third-order valence-electron chi connectivity index (χ3n) is 1.68. The van der Waals surface area contributed by atoms with Crippen molar-refractivity contribution in [1.82, 2.24) is 0 Å². The molecular weight excluding hydrogens is 263 g/mol. The van der Waals surface area contributed by atoms with Crippen molar-refractivity contribution >= 4 is 15.9 Å². The third kappa shape index (κ3) is 2.19. The van der Waals surface area contributed by atoms with Gasteiger partial charge in [0.2, 0.25) is 0 Å². The molecule has 3 N–H and O–H groups in total. The van der Waals surface area contributed by atoms with Gasteiger partial charge in [0, 0.05) is 16.6 Å². The molecule has 0 unspecified atom stereocenters. The van der Waals surface area contributed by atoms with E-state index in [1.807, 2.05) is 0 Å². The van der Waals surface area contributed by atoms with E-state index in [4.69, 9.17) is 5.73 Å². The lowest BCUT2D eigenvalue weighted by molar-refractivity contribution is -0.138. The molecule has 0 saturated carbocycles. The molecule has 0 aliphatic rings. The molecule has 0 aromatic heterocycles. The summed E-state index contributed by atoms with van der Waals surface area (Å²) in [5.74, 6) is -0.803. The summed E-state index contributed by atoms with van der Waals surface area (Å²) in [6.07, 6.45) is -4.57. The number of nitrogens with two attached hydrogens (primary N) is 1. The maximum atomic E-state index is 12.3. The zero-order valence-corrected chi connectivity index (χ0v) is 8.48. The van der Waals surface area contributed by atoms with Gasteiger partial charge in [0.1, 0.15) is 5.75 Å². The summed E-state index contributed by atoms with van der Waals surface area (Å²) < 4.78 is 37.2. The first-order valence-corrected chi connectivity index (χ1v) is 4.44. The van der Waals surface area contributed by atoms with Gasteiger partial charge in [-0.3, -0.25) is 0 Å². The van der Waals surface area contributed by atoms with E-state index in [0.717, 1.165) is 6.07 Å². The Bertz CT molecular complexity index is 351. The summed E-state index contributed by atoms with van der Waals surface area (Å²) in [5, 5.41) is 9.23. The van der Waals surface area contributed by atoms with Crippen LogP contribution in [0.15, 0.2) is 16.6 Å². The van der Waals surface area contributed by atoms with Crippen LogP contribution in [0.2, 0.25) is 0 Å². The fourth-order valence-corrected chi connectivity index (χ4v) is 1.53. The van der Waals surface area contributed by atoms with E-state index in [9.17, 15) is 18.3 Å². The lowest BCUT2D eigenvalue weighted by Gasteiger charge is -2.12. The number of aromatic hydroxyl groups is 1. The smallest absolute Gasteiger partial charge is 0.420 e. The summed E-state index contributed by atoms with van der Waals surface area (Å²) in [6, 6.07) is 2.17. The molecule has 0 aliphatic carbocycles. The van der Waals surface area contributed by atoms with Gasteiger partial charge in [0.25, 0.3) is 0 Å². The van der Waals surface area contributed by atoms with Crippen molar-refractivity contribution < 1.29 is 18.3 Å². The number of hydrogen-bond donors (Lipinski definition) is 2. The topological polar surface area (TPSA) is 46.2 Å². The number of halogens is 4. The molecule has 0 aliphatic heterocycles. The van der Waals surface area contributed by atoms with Crippen molar-refractivity contribution in [2.75, 3.05) is 0 Å². The van der Waals surface area contributed by atoms with Crippen molar-refractivity contribution in [3.63, 3.8) is 0 Å². The number of benzene rings is 1. The van der Waals surface area contributed by atoms with E-state index in [0.29, 0.717) is 0 Å². The second-order valence-electron chi connectivity index (χ2n) is 2.66. The molecule has 0 radical (unpaired) electrons. The molecule has 1 aromatic rings. The molecule has 1 rings (SSSR count). The molecular formula is C8H7BrF3NO. The average Bonchev–Trinajstić information content (AvgIpc) is 2.06. The SMILES string of the molecule is NCc1cc(Br)cc(C(F)(F)F)c1O. The molecule has 1 aromatic carbocycles. The van der Waals surface area contributed by atoms with Crippen molar-refractivity contribution in [3.8, 4) is 5.75 Å². The van der Waals surface area contributed by atoms with Crippen LogP contribution in [0.4, 0.5) is 13.2 Å². The Morgan fingerprint density at radius 2 is 1.93 bits per heavy atom. The molecule has 0 bridgehead atoms. The Morgan fingerprint density at radius 3 is 2.36 bits per heavy atom. The van der Waals surface area contributed by atoms with Gasteiger partial charge in [-0.1, -0.05) is 15.9 Å². The minimum atomic E-state index is -4.57. The van der Waals surface area contributed by atoms with Crippen LogP contribution < -0.4 is 5.73 Å². The summed E-state index contributed by atoms with van der Waals surface area (Å²) in [4.78, 5) is 0. The molecule has 0 saturated heterocycles. The molecule has 14 heavy (non-hydrogen) atoms. The molecule has 78 valence electrons. The van der Waals surface area contributed by atoms with Crippen molar-refractivity contribution in [2.45, 2.75) is 12.7 Å². The molecule has 6 heteroatoms. The first-order chi connectivity index (χ1) is 6.36. The van der Waals surface area contributed by atoms with Crippen LogP contribution >= 0.6 is 15.9 Å². The fourth-order valence-electron chi connectivity index (χ4n) is 1.03. The van der Waals surface area contributed by atoms with Crippen LogP contribution in [0.5, 0.6) is 5.75 Å². The lowest BCUT2D eigenvalue weighted by Crippen LogP contribution is -2.08. The maximum Gasteiger partial charge on any atom is 0.420 e. The highest BCUT2D eigenvalue weighted by Crippen LogP contribution is 2.39. The number of hydrogen-bond acceptors (Lipinski definition) is 2. The van der Waals surface area contributed by atoms with Gasteiger partial charge in [0.05, 0.1) is 5.56 Å². The first-order valence-electron chi connectivity index (χ1n) is 3.65. The fraction of sp³-hybridized carbons (Fsp3) is 0.250. The van der Waals surface area contributed by atoms with Gasteiger partial charge in [-0.25, -0.2) is 0 Å². The van der Waals surface area contributed by atoms with Gasteiger partial charge in [-0.2, -0.15) is 13.2 Å². The minimum Gasteiger partial charge on any atom is -0.507 e. The standard InChI is InChI=1S/C8H7BrF3NO/c9-5-1-4(3-13)7(14)6(2-5)8(10,11)12/h1-2,14H,3,13H2. The normalized spacial score (nSPS) is 11.8. The second kappa shape index (κ2) is 3.78. The molecule has 0 atom stereocenters. The monoisotopic (exact) mass is 269 g/mol. The van der Waals surface area contributed by atoms with Crippen LogP contribution in [0.25, 0.3) is 0 Å². The molecule has 0 heterocycles. The van der Waals surface area contributed by atoms with E-state index in [1.165, 1.54) is 6.07 Å². The molecule has 0 spiro atoms. The summed E-state index contributed by atoms with van der Waals surface area (Å²) in [5.41, 5.74) is 4.17. The Morgan fingerprint density at radius 1 is 1.36 bits per heavy atom. The van der Waals surface area contributed by atoms with Crippen molar-refractivity contribution in [2.24, 2.45) is 5.73 Å². The van der Waals surface area contributed by atoms with Gasteiger partial charge in [-0.05, 0) is 12.1 Å². The molecule has 0 fully saturated rings. The largest absolute Gasteiger partial charge is 0.507 e. The number of rotatable bonds is 1. The quantitative estimate of drug-likeness (QED) is 0.824. The van der Waals surface area contributed by atoms with Crippen LogP contribution in [0.1, 0.15) is 11.1 Å². The Labute approximate surface area is 86.7 Å². The van der Waals surface area contributed by atoms with Gasteiger partial charge >= 0.3 is 6.18 Å². The van der Waals surface area contributed by atoms with E-state index in [2.05, 4.69) is 15.9 Å². The predicted molar refractivity (Wildman–Crippen MR) is 48.7 cm³/mol. The first kappa shape index (κ1) is 11.3. The third-order valence-corrected chi connectivity index (χ3v) is 2.14. The summed E-state index contributed by atoms with van der Waals surface area (Å²) in [7, 11) is 0. The Balaban J connectivity index is 3.37. The second-order valence-corrected chi connectivity index (χ2v) is 3.58. The van der Waals surface area contributed by atoms with E-state index < -0.39 is 17.5 Å². The van der Waals surface area contributed by atoms with E-state index in [1.54, 1.807) is 0 Å². The predicted octanol–water partition coefficient (Wildman–Crippen LogP) is 2.63. The summed E-state index contributed by atoms with van der Waals surface area (Å²) >= 11 is 2.91. The van der Waals surface area contributed by atoms with Crippen LogP contribution in [-0.4, -0.2) is 5.11 Å². The Hall–Kier alpha value is -0.750. The van der Waals surface area contributed by atoms with Crippen LogP contribution in [-0.2, 0) is 12.7 Å². The number of alkyl halides is 3. The highest BCUT2D eigenvalue weighted by atomic mass is 79.9. The summed E-state index contributed by atoms with van der Waals surface area (Å²) in [6.45, 7) is -0.144. The van der Waals surface area contributed by atoms with Crippen LogP contribution in [0.3, 0.4) is 0 Å². The highest BCUT2D eigenvalue weighted by Gasteiger charge is 2.34. The van der Waals surface area contributed by atoms with Crippen molar-refractivity contribution in [1.29, 1.82) is 0 Å². The van der Waals surface area contributed by atoms with Gasteiger partial charge in [0.15, 0.2) is 0 Å². The van der Waals surface area contributed by atoms with Crippen LogP contribution in [0, 0.1) is 0 Å². The Kier molecular flexibility index (Phi) is 3.06. The maximum absolute atomic E-state index is 12.3. The number of phenols is 1. The highest BCUT2D eigenvalue weighted by molar-refractivity contribution is 9.10. The molecule has 0 amide bonds.